The van der Waals surface area contributed by atoms with Gasteiger partial charge in [-0.2, -0.15) is 0 Å². The lowest BCUT2D eigenvalue weighted by Crippen LogP contribution is -2.01. The molecule has 0 amide bonds. The Bertz CT molecular complexity index is 1060. The van der Waals surface area contributed by atoms with Crippen molar-refractivity contribution in [1.82, 2.24) is 15.0 Å². The second-order valence-corrected chi connectivity index (χ2v) is 5.46. The SMILES string of the molecule is Cc1oc(CNc2ncnc3[nH]c4ccccc4c23)cc1C(=O)O. The molecular formula is C17H14N4O3. The van der Waals surface area contributed by atoms with Crippen molar-refractivity contribution in [2.45, 2.75) is 13.5 Å². The van der Waals surface area contributed by atoms with Gasteiger partial charge in [0.05, 0.1) is 11.9 Å². The van der Waals surface area contributed by atoms with Crippen molar-refractivity contribution in [3.63, 3.8) is 0 Å². The molecule has 3 aromatic heterocycles. The van der Waals surface area contributed by atoms with Gasteiger partial charge < -0.3 is 19.8 Å². The van der Waals surface area contributed by atoms with Crippen LogP contribution in [0.2, 0.25) is 0 Å². The zero-order valence-corrected chi connectivity index (χ0v) is 12.8. The standard InChI is InChI=1S/C17H14N4O3/c1-9-12(17(22)23)6-10(24-9)7-18-15-14-11-4-2-3-5-13(11)21-16(14)20-8-19-15/h2-6,8H,7H2,1H3,(H,22,23)(H2,18,19,20,21). The Labute approximate surface area is 136 Å². The highest BCUT2D eigenvalue weighted by atomic mass is 16.4. The molecule has 4 aromatic rings. The molecule has 3 heterocycles. The molecule has 7 nitrogen and oxygen atoms in total. The quantitative estimate of drug-likeness (QED) is 0.532. The number of furan rings is 1. The first-order valence-electron chi connectivity index (χ1n) is 7.41. The lowest BCUT2D eigenvalue weighted by Gasteiger charge is -2.04. The number of hydrogen-bond acceptors (Lipinski definition) is 5. The third-order valence-electron chi connectivity index (χ3n) is 3.93. The summed E-state index contributed by atoms with van der Waals surface area (Å²) in [4.78, 5) is 22.9. The molecule has 4 rings (SSSR count). The number of para-hydroxylation sites is 1. The lowest BCUT2D eigenvalue weighted by atomic mass is 10.2. The fourth-order valence-electron chi connectivity index (χ4n) is 2.82. The summed E-state index contributed by atoms with van der Waals surface area (Å²) in [7, 11) is 0. The molecule has 0 radical (unpaired) electrons. The van der Waals surface area contributed by atoms with Gasteiger partial charge in [0.15, 0.2) is 0 Å². The monoisotopic (exact) mass is 322 g/mol. The Morgan fingerprint density at radius 3 is 2.96 bits per heavy atom. The second-order valence-electron chi connectivity index (χ2n) is 5.46. The Morgan fingerprint density at radius 2 is 2.17 bits per heavy atom. The van der Waals surface area contributed by atoms with E-state index in [1.165, 1.54) is 12.4 Å². The zero-order chi connectivity index (χ0) is 16.7. The molecular weight excluding hydrogens is 308 g/mol. The number of nitrogens with one attached hydrogen (secondary N) is 2. The van der Waals surface area contributed by atoms with Gasteiger partial charge in [0.25, 0.3) is 0 Å². The molecule has 0 atom stereocenters. The number of H-pyrrole nitrogens is 1. The van der Waals surface area contributed by atoms with Crippen LogP contribution in [0.25, 0.3) is 21.9 Å². The first-order chi connectivity index (χ1) is 11.6. The average molecular weight is 322 g/mol. The highest BCUT2D eigenvalue weighted by molar-refractivity contribution is 6.10. The van der Waals surface area contributed by atoms with Crippen molar-refractivity contribution in [3.05, 3.63) is 53.7 Å². The molecule has 0 saturated carbocycles. The number of aromatic nitrogens is 3. The van der Waals surface area contributed by atoms with Gasteiger partial charge in [0.1, 0.15) is 34.9 Å². The van der Waals surface area contributed by atoms with E-state index >= 15 is 0 Å². The number of aromatic carboxylic acids is 1. The van der Waals surface area contributed by atoms with Gasteiger partial charge in [0, 0.05) is 10.9 Å². The molecule has 1 aromatic carbocycles. The van der Waals surface area contributed by atoms with Crippen molar-refractivity contribution >= 4 is 33.7 Å². The number of carboxylic acids is 1. The predicted molar refractivity (Wildman–Crippen MR) is 89.1 cm³/mol. The van der Waals surface area contributed by atoms with E-state index in [4.69, 9.17) is 9.52 Å². The molecule has 0 unspecified atom stereocenters. The number of hydrogen-bond donors (Lipinski definition) is 3. The van der Waals surface area contributed by atoms with Gasteiger partial charge in [-0.15, -0.1) is 0 Å². The second kappa shape index (κ2) is 5.38. The maximum atomic E-state index is 11.1. The van der Waals surface area contributed by atoms with Crippen molar-refractivity contribution in [3.8, 4) is 0 Å². The van der Waals surface area contributed by atoms with E-state index in [0.29, 0.717) is 23.9 Å². The molecule has 0 bridgehead atoms. The van der Waals surface area contributed by atoms with Crippen LogP contribution < -0.4 is 5.32 Å². The summed E-state index contributed by atoms with van der Waals surface area (Å²) in [6.45, 7) is 1.97. The van der Waals surface area contributed by atoms with E-state index in [1.807, 2.05) is 24.3 Å². The van der Waals surface area contributed by atoms with E-state index in [2.05, 4.69) is 20.3 Å². The fraction of sp³-hybridized carbons (Fsp3) is 0.118. The van der Waals surface area contributed by atoms with Crippen LogP contribution in [0, 0.1) is 6.92 Å². The Hall–Kier alpha value is -3.35. The summed E-state index contributed by atoms with van der Waals surface area (Å²) < 4.78 is 5.48. The minimum atomic E-state index is -0.997. The normalized spacial score (nSPS) is 11.2. The van der Waals surface area contributed by atoms with E-state index in [9.17, 15) is 4.79 Å². The zero-order valence-electron chi connectivity index (χ0n) is 12.8. The Kier molecular flexibility index (Phi) is 3.19. The number of anilines is 1. The molecule has 24 heavy (non-hydrogen) atoms. The fourth-order valence-corrected chi connectivity index (χ4v) is 2.82. The van der Waals surface area contributed by atoms with Crippen molar-refractivity contribution in [1.29, 1.82) is 0 Å². The molecule has 0 aliphatic rings. The highest BCUT2D eigenvalue weighted by Crippen LogP contribution is 2.29. The van der Waals surface area contributed by atoms with Crippen LogP contribution in [-0.4, -0.2) is 26.0 Å². The van der Waals surface area contributed by atoms with Gasteiger partial charge in [0.2, 0.25) is 0 Å². The first kappa shape index (κ1) is 14.3. The summed E-state index contributed by atoms with van der Waals surface area (Å²) in [5.74, 6) is 0.600. The van der Waals surface area contributed by atoms with Gasteiger partial charge in [-0.05, 0) is 19.1 Å². The van der Waals surface area contributed by atoms with Crippen molar-refractivity contribution in [2.24, 2.45) is 0 Å². The number of carbonyl (C=O) groups is 1. The van der Waals surface area contributed by atoms with Crippen LogP contribution in [0.3, 0.4) is 0 Å². The van der Waals surface area contributed by atoms with Crippen molar-refractivity contribution in [2.75, 3.05) is 5.32 Å². The highest BCUT2D eigenvalue weighted by Gasteiger charge is 2.15. The lowest BCUT2D eigenvalue weighted by molar-refractivity contribution is 0.0695. The smallest absolute Gasteiger partial charge is 0.339 e. The van der Waals surface area contributed by atoms with E-state index < -0.39 is 5.97 Å². The predicted octanol–water partition coefficient (Wildman–Crippen LogP) is 3.32. The molecule has 0 aliphatic carbocycles. The summed E-state index contributed by atoms with van der Waals surface area (Å²) in [5.41, 5.74) is 1.90. The van der Waals surface area contributed by atoms with Gasteiger partial charge in [-0.25, -0.2) is 14.8 Å². The number of nitrogens with zero attached hydrogens (tertiary/aromatic N) is 2. The number of carboxylic acid groups (broad SMARTS) is 1. The number of rotatable bonds is 4. The topological polar surface area (TPSA) is 104 Å². The number of aromatic amines is 1. The third kappa shape index (κ3) is 2.26. The average Bonchev–Trinajstić information content (AvgIpc) is 3.13. The van der Waals surface area contributed by atoms with Crippen molar-refractivity contribution < 1.29 is 14.3 Å². The van der Waals surface area contributed by atoms with Crippen LogP contribution in [0.15, 0.2) is 41.1 Å². The number of fused-ring (bicyclic) bond motifs is 3. The number of benzene rings is 1. The molecule has 0 aliphatic heterocycles. The van der Waals surface area contributed by atoms with Crippen LogP contribution in [0.5, 0.6) is 0 Å². The van der Waals surface area contributed by atoms with Gasteiger partial charge in [-0.3, -0.25) is 0 Å². The molecule has 0 spiro atoms. The molecule has 0 saturated heterocycles. The van der Waals surface area contributed by atoms with Crippen LogP contribution in [0.1, 0.15) is 21.9 Å². The summed E-state index contributed by atoms with van der Waals surface area (Å²) in [5, 5.41) is 14.2. The van der Waals surface area contributed by atoms with E-state index in [-0.39, 0.29) is 5.56 Å². The summed E-state index contributed by atoms with van der Waals surface area (Å²) in [6, 6.07) is 9.43. The summed E-state index contributed by atoms with van der Waals surface area (Å²) >= 11 is 0. The minimum Gasteiger partial charge on any atom is -0.478 e. The molecule has 7 heteroatoms. The van der Waals surface area contributed by atoms with E-state index in [1.54, 1.807) is 6.92 Å². The maximum Gasteiger partial charge on any atom is 0.339 e. The maximum absolute atomic E-state index is 11.1. The number of aryl methyl sites for hydroxylation is 1. The van der Waals surface area contributed by atoms with Crippen LogP contribution in [0.4, 0.5) is 5.82 Å². The van der Waals surface area contributed by atoms with Gasteiger partial charge >= 0.3 is 5.97 Å². The molecule has 3 N–H and O–H groups in total. The van der Waals surface area contributed by atoms with Gasteiger partial charge in [-0.1, -0.05) is 18.2 Å². The van der Waals surface area contributed by atoms with Crippen LogP contribution >= 0.6 is 0 Å². The van der Waals surface area contributed by atoms with E-state index in [0.717, 1.165) is 21.9 Å². The third-order valence-corrected chi connectivity index (χ3v) is 3.93. The Balaban J connectivity index is 1.70. The van der Waals surface area contributed by atoms with Crippen LogP contribution in [-0.2, 0) is 6.54 Å². The summed E-state index contributed by atoms with van der Waals surface area (Å²) in [6.07, 6.45) is 1.48. The molecule has 120 valence electrons. The first-order valence-corrected chi connectivity index (χ1v) is 7.41. The molecule has 0 fully saturated rings. The Morgan fingerprint density at radius 1 is 1.33 bits per heavy atom. The largest absolute Gasteiger partial charge is 0.478 e. The minimum absolute atomic E-state index is 0.173.